The van der Waals surface area contributed by atoms with Gasteiger partial charge in [0.05, 0.1) is 22.0 Å². The van der Waals surface area contributed by atoms with Crippen LogP contribution in [0.1, 0.15) is 43.7 Å². The van der Waals surface area contributed by atoms with Crippen molar-refractivity contribution in [2.24, 2.45) is 0 Å². The van der Waals surface area contributed by atoms with E-state index in [1.807, 2.05) is 63.8 Å². The molecular formula is C27H32ClN7O3. The molecule has 0 saturated carbocycles. The van der Waals surface area contributed by atoms with Crippen LogP contribution in [0.4, 0.5) is 16.2 Å². The number of ether oxygens (including phenoxy) is 1. The number of nitrogens with zero attached hydrogens (tertiary/aromatic N) is 6. The number of imidazole rings is 1. The number of halogens is 1. The first-order valence-corrected chi connectivity index (χ1v) is 13.1. The first-order chi connectivity index (χ1) is 18.0. The minimum atomic E-state index is -0.527. The molecule has 1 aliphatic rings. The van der Waals surface area contributed by atoms with E-state index in [-0.39, 0.29) is 12.0 Å². The number of aryl methyl sites for hydroxylation is 2. The van der Waals surface area contributed by atoms with Crippen molar-refractivity contribution in [3.05, 3.63) is 53.1 Å². The number of nitrogens with one attached hydrogen (secondary N) is 1. The first-order valence-electron chi connectivity index (χ1n) is 12.7. The van der Waals surface area contributed by atoms with Crippen molar-refractivity contribution < 1.29 is 14.3 Å². The summed E-state index contributed by atoms with van der Waals surface area (Å²) in [6, 6.07) is 5.46. The lowest BCUT2D eigenvalue weighted by Crippen LogP contribution is -2.50. The smallest absolute Gasteiger partial charge is 0.410 e. The highest BCUT2D eigenvalue weighted by atomic mass is 35.5. The Morgan fingerprint density at radius 2 is 1.84 bits per heavy atom. The third-order valence-electron chi connectivity index (χ3n) is 6.43. The second-order valence-electron chi connectivity index (χ2n) is 10.5. The number of aromatic nitrogens is 4. The van der Waals surface area contributed by atoms with Crippen molar-refractivity contribution in [2.45, 2.75) is 46.8 Å². The van der Waals surface area contributed by atoms with Crippen molar-refractivity contribution >= 4 is 51.5 Å². The Labute approximate surface area is 226 Å². The minimum absolute atomic E-state index is 0.273. The van der Waals surface area contributed by atoms with Crippen LogP contribution >= 0.6 is 11.6 Å². The molecule has 38 heavy (non-hydrogen) atoms. The van der Waals surface area contributed by atoms with Crippen LogP contribution < -0.4 is 10.2 Å². The van der Waals surface area contributed by atoms with Crippen LogP contribution in [0.5, 0.6) is 0 Å². The van der Waals surface area contributed by atoms with Gasteiger partial charge in [-0.1, -0.05) is 11.6 Å². The Balaban J connectivity index is 1.39. The molecule has 11 heteroatoms. The van der Waals surface area contributed by atoms with E-state index in [2.05, 4.69) is 15.2 Å². The summed E-state index contributed by atoms with van der Waals surface area (Å²) in [5.41, 5.74) is 3.60. The number of amides is 2. The SMILES string of the molecule is CCn1cc2c(N3CCN(C(=O)OC(C)(C)C)CC3)ccc(C(=O)Nc3cc(Cl)c4nc(C)cn4c3)c2n1. The normalized spacial score (nSPS) is 14.4. The van der Waals surface area contributed by atoms with E-state index in [9.17, 15) is 9.59 Å². The highest BCUT2D eigenvalue weighted by Crippen LogP contribution is 2.31. The number of rotatable bonds is 4. The van der Waals surface area contributed by atoms with Crippen LogP contribution in [0.25, 0.3) is 16.6 Å². The zero-order valence-corrected chi connectivity index (χ0v) is 23.0. The van der Waals surface area contributed by atoms with Gasteiger partial charge in [-0.25, -0.2) is 9.78 Å². The molecule has 1 fully saturated rings. The summed E-state index contributed by atoms with van der Waals surface area (Å²) in [4.78, 5) is 34.2. The van der Waals surface area contributed by atoms with Gasteiger partial charge in [-0.05, 0) is 52.8 Å². The van der Waals surface area contributed by atoms with Crippen LogP contribution in [-0.4, -0.2) is 67.8 Å². The number of carbonyl (C=O) groups excluding carboxylic acids is 2. The zero-order chi connectivity index (χ0) is 27.2. The van der Waals surface area contributed by atoms with Gasteiger partial charge in [0.2, 0.25) is 0 Å². The molecule has 10 nitrogen and oxygen atoms in total. The van der Waals surface area contributed by atoms with Gasteiger partial charge < -0.3 is 24.3 Å². The van der Waals surface area contributed by atoms with E-state index >= 15 is 0 Å². The Hall–Kier alpha value is -3.79. The van der Waals surface area contributed by atoms with Gasteiger partial charge in [0.15, 0.2) is 5.65 Å². The maximum atomic E-state index is 13.4. The lowest BCUT2D eigenvalue weighted by atomic mass is 10.1. The fourth-order valence-electron chi connectivity index (χ4n) is 4.66. The highest BCUT2D eigenvalue weighted by molar-refractivity contribution is 6.33. The Morgan fingerprint density at radius 3 is 2.53 bits per heavy atom. The third kappa shape index (κ3) is 5.13. The Bertz CT molecular complexity index is 1530. The fraction of sp³-hybridized carbons (Fsp3) is 0.407. The number of hydrogen-bond acceptors (Lipinski definition) is 6. The number of carbonyl (C=O) groups is 2. The maximum Gasteiger partial charge on any atom is 0.410 e. The average molecular weight is 538 g/mol. The summed E-state index contributed by atoms with van der Waals surface area (Å²) in [5, 5.41) is 9.02. The summed E-state index contributed by atoms with van der Waals surface area (Å²) < 4.78 is 9.16. The molecule has 0 radical (unpaired) electrons. The number of anilines is 2. The predicted molar refractivity (Wildman–Crippen MR) is 148 cm³/mol. The largest absolute Gasteiger partial charge is 0.444 e. The molecule has 0 unspecified atom stereocenters. The van der Waals surface area contributed by atoms with Gasteiger partial charge in [0.25, 0.3) is 5.91 Å². The molecule has 1 N–H and O–H groups in total. The number of fused-ring (bicyclic) bond motifs is 2. The van der Waals surface area contributed by atoms with Gasteiger partial charge in [0, 0.05) is 62.4 Å². The van der Waals surface area contributed by atoms with Crippen LogP contribution in [0, 0.1) is 6.92 Å². The molecule has 0 spiro atoms. The van der Waals surface area contributed by atoms with Crippen molar-refractivity contribution in [1.82, 2.24) is 24.1 Å². The molecule has 1 aliphatic heterocycles. The second kappa shape index (κ2) is 9.83. The van der Waals surface area contributed by atoms with Gasteiger partial charge in [0.1, 0.15) is 11.1 Å². The molecule has 2 amide bonds. The molecule has 4 heterocycles. The van der Waals surface area contributed by atoms with Crippen molar-refractivity contribution in [3.8, 4) is 0 Å². The average Bonchev–Trinajstić information content (AvgIpc) is 3.46. The monoisotopic (exact) mass is 537 g/mol. The molecular weight excluding hydrogens is 506 g/mol. The van der Waals surface area contributed by atoms with E-state index in [1.165, 1.54) is 0 Å². The summed E-state index contributed by atoms with van der Waals surface area (Å²) in [5.74, 6) is -0.273. The standard InChI is InChI=1S/C27H32ClN7O3/c1-6-35-16-20-22(32-9-11-33(12-10-32)26(37)38-27(3,4)5)8-7-19(23(20)31-35)25(36)30-18-13-21(28)24-29-17(2)14-34(24)15-18/h7-8,13-16H,6,9-12H2,1-5H3,(H,30,36). The van der Waals surface area contributed by atoms with Gasteiger partial charge in [-0.15, -0.1) is 0 Å². The summed E-state index contributed by atoms with van der Waals surface area (Å²) in [6.45, 7) is 12.6. The number of piperazine rings is 1. The molecule has 0 aliphatic carbocycles. The Kier molecular flexibility index (Phi) is 6.68. The highest BCUT2D eigenvalue weighted by Gasteiger charge is 2.27. The lowest BCUT2D eigenvalue weighted by Gasteiger charge is -2.37. The summed E-state index contributed by atoms with van der Waals surface area (Å²) in [6.07, 6.45) is 5.32. The molecule has 200 valence electrons. The number of pyridine rings is 1. The Morgan fingerprint density at radius 1 is 1.11 bits per heavy atom. The number of hydrogen-bond donors (Lipinski definition) is 1. The lowest BCUT2D eigenvalue weighted by molar-refractivity contribution is 0.0240. The van der Waals surface area contributed by atoms with Gasteiger partial charge >= 0.3 is 6.09 Å². The molecule has 5 rings (SSSR count). The van der Waals surface area contributed by atoms with E-state index in [0.717, 1.165) is 16.8 Å². The van der Waals surface area contributed by atoms with Crippen molar-refractivity contribution in [1.29, 1.82) is 0 Å². The van der Waals surface area contributed by atoms with E-state index in [0.29, 0.717) is 60.2 Å². The molecule has 0 atom stereocenters. The topological polar surface area (TPSA) is 97.0 Å². The summed E-state index contributed by atoms with van der Waals surface area (Å²) >= 11 is 6.40. The molecule has 3 aromatic heterocycles. The van der Waals surface area contributed by atoms with Gasteiger partial charge in [-0.3, -0.25) is 9.48 Å². The van der Waals surface area contributed by atoms with Crippen molar-refractivity contribution in [3.63, 3.8) is 0 Å². The third-order valence-corrected chi connectivity index (χ3v) is 6.70. The van der Waals surface area contributed by atoms with Crippen LogP contribution in [0.2, 0.25) is 5.02 Å². The second-order valence-corrected chi connectivity index (χ2v) is 10.9. The van der Waals surface area contributed by atoms with Crippen LogP contribution in [-0.2, 0) is 11.3 Å². The van der Waals surface area contributed by atoms with Crippen LogP contribution in [0.3, 0.4) is 0 Å². The maximum absolute atomic E-state index is 13.4. The fourth-order valence-corrected chi connectivity index (χ4v) is 4.92. The predicted octanol–water partition coefficient (Wildman–Crippen LogP) is 4.98. The van der Waals surface area contributed by atoms with E-state index in [1.54, 1.807) is 21.6 Å². The van der Waals surface area contributed by atoms with E-state index < -0.39 is 5.60 Å². The summed E-state index contributed by atoms with van der Waals surface area (Å²) in [7, 11) is 0. The molecule has 0 bridgehead atoms. The molecule has 4 aromatic rings. The quantitative estimate of drug-likeness (QED) is 0.394. The van der Waals surface area contributed by atoms with Gasteiger partial charge in [-0.2, -0.15) is 5.10 Å². The number of benzene rings is 1. The first kappa shape index (κ1) is 25.8. The van der Waals surface area contributed by atoms with Crippen LogP contribution in [0.15, 0.2) is 36.8 Å². The minimum Gasteiger partial charge on any atom is -0.444 e. The van der Waals surface area contributed by atoms with E-state index in [4.69, 9.17) is 21.4 Å². The van der Waals surface area contributed by atoms with Crippen molar-refractivity contribution in [2.75, 3.05) is 36.4 Å². The zero-order valence-electron chi connectivity index (χ0n) is 22.3. The molecule has 1 saturated heterocycles. The molecule has 1 aromatic carbocycles.